The lowest BCUT2D eigenvalue weighted by atomic mass is 9.80. The Bertz CT molecular complexity index is 1390. The first-order valence-corrected chi connectivity index (χ1v) is 16.8. The normalized spacial score (nSPS) is 26.4. The summed E-state index contributed by atoms with van der Waals surface area (Å²) in [5.41, 5.74) is 6.75. The molecule has 3 atom stereocenters. The van der Waals surface area contributed by atoms with Gasteiger partial charge < -0.3 is 15.3 Å². The van der Waals surface area contributed by atoms with E-state index in [1.807, 2.05) is 17.6 Å². The van der Waals surface area contributed by atoms with Gasteiger partial charge in [-0.1, -0.05) is 35.9 Å². The van der Waals surface area contributed by atoms with Crippen LogP contribution in [0, 0.1) is 18.8 Å². The van der Waals surface area contributed by atoms with Crippen LogP contribution >= 0.6 is 22.9 Å². The average Bonchev–Trinajstić information content (AvgIpc) is 3.63. The smallest absolute Gasteiger partial charge is 0.165 e. The van der Waals surface area contributed by atoms with Crippen LogP contribution in [0.3, 0.4) is 0 Å². The molecule has 0 amide bonds. The summed E-state index contributed by atoms with van der Waals surface area (Å²) in [5, 5.41) is 17.1. The third kappa shape index (κ3) is 6.45. The molecule has 224 valence electrons. The molecule has 2 N–H and O–H groups in total. The van der Waals surface area contributed by atoms with E-state index in [4.69, 9.17) is 16.6 Å². The number of aryl methyl sites for hydroxylation is 1. The van der Waals surface area contributed by atoms with Crippen molar-refractivity contribution in [1.82, 2.24) is 15.2 Å². The van der Waals surface area contributed by atoms with E-state index in [1.54, 1.807) is 18.3 Å². The first-order valence-electron chi connectivity index (χ1n) is 15.6. The van der Waals surface area contributed by atoms with E-state index >= 15 is 0 Å². The third-order valence-electron chi connectivity index (χ3n) is 9.28. The molecule has 2 fully saturated rings. The van der Waals surface area contributed by atoms with E-state index < -0.39 is 6.17 Å². The fraction of sp³-hybridized carbons (Fsp3) is 0.529. The first-order chi connectivity index (χ1) is 20.4. The van der Waals surface area contributed by atoms with Crippen LogP contribution in [0.15, 0.2) is 69.3 Å². The molecule has 2 aliphatic carbocycles. The van der Waals surface area contributed by atoms with E-state index in [2.05, 4.69) is 46.4 Å². The van der Waals surface area contributed by atoms with Crippen LogP contribution < -0.4 is 5.32 Å². The predicted octanol–water partition coefficient (Wildman–Crippen LogP) is 7.72. The van der Waals surface area contributed by atoms with Crippen LogP contribution in [0.2, 0.25) is 5.02 Å². The molecule has 5 nitrogen and oxygen atoms in total. The number of alkyl halides is 1. The highest BCUT2D eigenvalue weighted by atomic mass is 35.5. The van der Waals surface area contributed by atoms with Crippen LogP contribution in [0.5, 0.6) is 0 Å². The van der Waals surface area contributed by atoms with Crippen molar-refractivity contribution in [3.63, 3.8) is 0 Å². The van der Waals surface area contributed by atoms with Crippen molar-refractivity contribution in [2.24, 2.45) is 16.8 Å². The zero-order valence-corrected chi connectivity index (χ0v) is 26.2. The first kappa shape index (κ1) is 29.7. The summed E-state index contributed by atoms with van der Waals surface area (Å²) in [6, 6.07) is 5.95. The number of halogens is 2. The number of aliphatic hydroxyl groups is 1. The minimum absolute atomic E-state index is 0.0867. The number of nitrogens with zero attached hydrogens (tertiary/aromatic N) is 3. The molecule has 2 unspecified atom stereocenters. The van der Waals surface area contributed by atoms with Crippen molar-refractivity contribution < 1.29 is 9.50 Å². The van der Waals surface area contributed by atoms with E-state index in [9.17, 15) is 9.50 Å². The van der Waals surface area contributed by atoms with Crippen molar-refractivity contribution in [2.45, 2.75) is 83.5 Å². The van der Waals surface area contributed by atoms with E-state index in [0.29, 0.717) is 17.4 Å². The largest absolute Gasteiger partial charge is 0.393 e. The summed E-state index contributed by atoms with van der Waals surface area (Å²) < 4.78 is 14.2. The number of aliphatic imine (C=N–C) groups is 1. The minimum atomic E-state index is -0.901. The number of rotatable bonds is 11. The molecule has 6 rings (SSSR count). The van der Waals surface area contributed by atoms with Gasteiger partial charge in [0, 0.05) is 40.8 Å². The monoisotopic (exact) mass is 608 g/mol. The predicted molar refractivity (Wildman–Crippen MR) is 171 cm³/mol. The Labute approximate surface area is 258 Å². The van der Waals surface area contributed by atoms with Crippen LogP contribution in [0.25, 0.3) is 0 Å². The molecule has 3 heterocycles. The van der Waals surface area contributed by atoms with Gasteiger partial charge in [0.2, 0.25) is 0 Å². The second kappa shape index (κ2) is 13.1. The number of allylic oxidation sites excluding steroid dienone is 4. The lowest BCUT2D eigenvalue weighted by Gasteiger charge is -2.35. The van der Waals surface area contributed by atoms with Crippen LogP contribution in [0.4, 0.5) is 4.39 Å². The SMILES string of the molecule is Cc1ccc([C@@H]2N=C(c3nccs3)N3CC(CCNCC[C@H]4CC[C@H](O)CC4)CC3=C2C2=C(CC(C)F)C=C2)c(Cl)c1. The zero-order chi connectivity index (χ0) is 29.2. The summed E-state index contributed by atoms with van der Waals surface area (Å²) in [6.45, 7) is 6.60. The van der Waals surface area contributed by atoms with Gasteiger partial charge in [-0.2, -0.15) is 0 Å². The molecule has 0 spiro atoms. The maximum atomic E-state index is 14.2. The van der Waals surface area contributed by atoms with Crippen molar-refractivity contribution >= 4 is 28.8 Å². The lowest BCUT2D eigenvalue weighted by Crippen LogP contribution is -2.34. The second-order valence-electron chi connectivity index (χ2n) is 12.5. The van der Waals surface area contributed by atoms with Gasteiger partial charge >= 0.3 is 0 Å². The van der Waals surface area contributed by atoms with E-state index in [1.165, 1.54) is 17.7 Å². The summed E-state index contributed by atoms with van der Waals surface area (Å²) in [4.78, 5) is 12.4. The molecular weight excluding hydrogens is 567 g/mol. The Morgan fingerprint density at radius 3 is 2.60 bits per heavy atom. The van der Waals surface area contributed by atoms with Crippen LogP contribution in [0.1, 0.15) is 80.5 Å². The standard InChI is InChI=1S/C34H42ClFN4OS/c1-21-3-9-28(29(35)17-21)32-31(27-10-6-25(27)18-22(2)36)30-19-24(20-40(30)33(39-32)34-38-15-16-42-34)12-14-37-13-11-23-4-7-26(41)8-5-23/h3,6,9-10,15-17,22-24,26,32,37,41H,4-5,7-8,11-14,18-20H2,1-2H3/t22?,23-,24?,26-,32-/m0/s1. The molecule has 2 aromatic rings. The molecule has 8 heteroatoms. The van der Waals surface area contributed by atoms with Gasteiger partial charge in [0.15, 0.2) is 10.8 Å². The van der Waals surface area contributed by atoms with Gasteiger partial charge in [-0.05, 0) is 112 Å². The number of fused-ring (bicyclic) bond motifs is 1. The van der Waals surface area contributed by atoms with Crippen molar-refractivity contribution in [2.75, 3.05) is 19.6 Å². The van der Waals surface area contributed by atoms with Gasteiger partial charge in [0.1, 0.15) is 12.2 Å². The molecule has 4 aliphatic rings. The molecular formula is C34H42ClFN4OS. The van der Waals surface area contributed by atoms with Gasteiger partial charge in [0.25, 0.3) is 0 Å². The van der Waals surface area contributed by atoms with Crippen molar-refractivity contribution in [3.05, 3.63) is 85.5 Å². The molecule has 1 aromatic carbocycles. The summed E-state index contributed by atoms with van der Waals surface area (Å²) in [6.07, 6.45) is 12.9. The number of hydrogen-bond donors (Lipinski definition) is 2. The summed E-state index contributed by atoms with van der Waals surface area (Å²) in [7, 11) is 0. The Balaban J connectivity index is 1.26. The maximum Gasteiger partial charge on any atom is 0.165 e. The highest BCUT2D eigenvalue weighted by Gasteiger charge is 2.41. The fourth-order valence-electron chi connectivity index (χ4n) is 6.98. The quantitative estimate of drug-likeness (QED) is 0.256. The topological polar surface area (TPSA) is 60.8 Å². The number of benzene rings is 1. The van der Waals surface area contributed by atoms with Gasteiger partial charge in [-0.15, -0.1) is 11.3 Å². The summed E-state index contributed by atoms with van der Waals surface area (Å²) >= 11 is 8.50. The zero-order valence-electron chi connectivity index (χ0n) is 24.7. The highest BCUT2D eigenvalue weighted by molar-refractivity contribution is 7.11. The van der Waals surface area contributed by atoms with E-state index in [0.717, 1.165) is 97.2 Å². The Hall–Kier alpha value is -2.32. The summed E-state index contributed by atoms with van der Waals surface area (Å²) in [5.74, 6) is 2.14. The molecule has 1 saturated carbocycles. The molecule has 0 bridgehead atoms. The minimum Gasteiger partial charge on any atom is -0.393 e. The Morgan fingerprint density at radius 1 is 1.14 bits per heavy atom. The van der Waals surface area contributed by atoms with Crippen molar-refractivity contribution in [1.29, 1.82) is 0 Å². The second-order valence-corrected chi connectivity index (χ2v) is 13.8. The van der Waals surface area contributed by atoms with Gasteiger partial charge in [-0.25, -0.2) is 9.37 Å². The van der Waals surface area contributed by atoms with Crippen LogP contribution in [-0.4, -0.2) is 52.7 Å². The third-order valence-corrected chi connectivity index (χ3v) is 10.4. The number of aliphatic hydroxyl groups excluding tert-OH is 1. The molecule has 2 aliphatic heterocycles. The number of amidine groups is 1. The van der Waals surface area contributed by atoms with E-state index in [-0.39, 0.29) is 12.1 Å². The average molecular weight is 609 g/mol. The van der Waals surface area contributed by atoms with Crippen molar-refractivity contribution in [3.8, 4) is 0 Å². The molecule has 1 aromatic heterocycles. The number of nitrogens with one attached hydrogen (secondary N) is 1. The maximum absolute atomic E-state index is 14.2. The highest BCUT2D eigenvalue weighted by Crippen LogP contribution is 2.49. The van der Waals surface area contributed by atoms with Crippen LogP contribution in [-0.2, 0) is 0 Å². The number of aromatic nitrogens is 1. The molecule has 1 saturated heterocycles. The van der Waals surface area contributed by atoms with Gasteiger partial charge in [0.05, 0.1) is 6.10 Å². The fourth-order valence-corrected chi connectivity index (χ4v) is 7.96. The Morgan fingerprint density at radius 2 is 1.93 bits per heavy atom. The molecule has 42 heavy (non-hydrogen) atoms. The lowest BCUT2D eigenvalue weighted by molar-refractivity contribution is 0.106. The Kier molecular flexibility index (Phi) is 9.29. The van der Waals surface area contributed by atoms with Gasteiger partial charge in [-0.3, -0.25) is 4.99 Å². The number of hydrogen-bond acceptors (Lipinski definition) is 6. The molecule has 0 radical (unpaired) electrons. The number of thiazole rings is 1.